The van der Waals surface area contributed by atoms with Gasteiger partial charge >= 0.3 is 0 Å². The summed E-state index contributed by atoms with van der Waals surface area (Å²) < 4.78 is 0. The van der Waals surface area contributed by atoms with E-state index in [2.05, 4.69) is 64.0 Å². The van der Waals surface area contributed by atoms with Gasteiger partial charge in [-0.1, -0.05) is 36.8 Å². The van der Waals surface area contributed by atoms with Crippen molar-refractivity contribution in [3.63, 3.8) is 0 Å². The molecule has 0 aliphatic carbocycles. The molecule has 1 aliphatic heterocycles. The van der Waals surface area contributed by atoms with Crippen molar-refractivity contribution < 1.29 is 0 Å². The summed E-state index contributed by atoms with van der Waals surface area (Å²) in [4.78, 5) is 11.6. The zero-order valence-corrected chi connectivity index (χ0v) is 20.9. The summed E-state index contributed by atoms with van der Waals surface area (Å²) in [6.45, 7) is 9.38. The first-order valence-corrected chi connectivity index (χ1v) is 11.2. The fraction of sp³-hybridized carbons (Fsp3) is 0.545. The predicted octanol–water partition coefficient (Wildman–Crippen LogP) is 4.21. The summed E-state index contributed by atoms with van der Waals surface area (Å²) >= 11 is 1.79. The van der Waals surface area contributed by atoms with Gasteiger partial charge in [0.05, 0.1) is 10.7 Å². The molecule has 1 aromatic carbocycles. The van der Waals surface area contributed by atoms with Crippen molar-refractivity contribution in [2.75, 3.05) is 26.7 Å². The number of rotatable bonds is 7. The highest BCUT2D eigenvalue weighted by Gasteiger charge is 2.20. The van der Waals surface area contributed by atoms with Crippen LogP contribution in [0.25, 0.3) is 0 Å². The Bertz CT molecular complexity index is 768. The van der Waals surface area contributed by atoms with E-state index in [1.54, 1.807) is 11.3 Å². The maximum atomic E-state index is 4.70. The first-order chi connectivity index (χ1) is 13.7. The van der Waals surface area contributed by atoms with Crippen molar-refractivity contribution in [1.29, 1.82) is 0 Å². The second kappa shape index (κ2) is 12.5. The molecule has 3 rings (SSSR count). The van der Waals surface area contributed by atoms with Crippen LogP contribution in [0.5, 0.6) is 0 Å². The van der Waals surface area contributed by atoms with E-state index in [4.69, 9.17) is 4.98 Å². The van der Waals surface area contributed by atoms with Crippen LogP contribution in [0.2, 0.25) is 0 Å². The van der Waals surface area contributed by atoms with E-state index in [1.807, 2.05) is 7.05 Å². The van der Waals surface area contributed by atoms with Crippen LogP contribution in [0.1, 0.15) is 41.6 Å². The van der Waals surface area contributed by atoms with Gasteiger partial charge in [0.25, 0.3) is 0 Å². The minimum atomic E-state index is 0. The van der Waals surface area contributed by atoms with Gasteiger partial charge in [-0.3, -0.25) is 9.89 Å². The Kier molecular flexibility index (Phi) is 10.4. The van der Waals surface area contributed by atoms with Crippen LogP contribution in [-0.4, -0.2) is 42.5 Å². The van der Waals surface area contributed by atoms with Crippen molar-refractivity contribution in [1.82, 2.24) is 20.5 Å². The van der Waals surface area contributed by atoms with Crippen molar-refractivity contribution in [3.8, 4) is 0 Å². The second-order valence-electron chi connectivity index (χ2n) is 7.60. The number of aryl methyl sites for hydroxylation is 2. The van der Waals surface area contributed by atoms with Crippen LogP contribution in [-0.2, 0) is 19.5 Å². The molecule has 2 heterocycles. The number of likely N-dealkylation sites (tertiary alicyclic amines) is 1. The SMILES string of the molecule is CCc1nc(CN2CCC(CNC(=NC)NCc3cccc(C)c3)CC2)cs1.I. The molecule has 0 spiro atoms. The fourth-order valence-electron chi connectivity index (χ4n) is 3.63. The van der Waals surface area contributed by atoms with Crippen LogP contribution in [0.4, 0.5) is 0 Å². The summed E-state index contributed by atoms with van der Waals surface area (Å²) in [5.74, 6) is 1.59. The van der Waals surface area contributed by atoms with Gasteiger partial charge in [0.15, 0.2) is 5.96 Å². The molecule has 1 fully saturated rings. The number of aromatic nitrogens is 1. The van der Waals surface area contributed by atoms with E-state index in [1.165, 1.54) is 34.7 Å². The lowest BCUT2D eigenvalue weighted by Gasteiger charge is -2.31. The maximum Gasteiger partial charge on any atom is 0.191 e. The van der Waals surface area contributed by atoms with Gasteiger partial charge in [-0.05, 0) is 50.8 Å². The first-order valence-electron chi connectivity index (χ1n) is 10.3. The van der Waals surface area contributed by atoms with Crippen LogP contribution >= 0.6 is 35.3 Å². The number of aliphatic imine (C=N–C) groups is 1. The van der Waals surface area contributed by atoms with Crippen LogP contribution in [0, 0.1) is 12.8 Å². The number of guanidine groups is 1. The number of hydrogen-bond donors (Lipinski definition) is 2. The molecule has 29 heavy (non-hydrogen) atoms. The molecule has 0 atom stereocenters. The highest BCUT2D eigenvalue weighted by atomic mass is 127. The molecular weight excluding hydrogens is 493 g/mol. The van der Waals surface area contributed by atoms with Crippen molar-refractivity contribution in [3.05, 3.63) is 51.5 Å². The zero-order chi connectivity index (χ0) is 19.8. The first kappa shape index (κ1) is 24.1. The van der Waals surface area contributed by atoms with Gasteiger partial charge in [-0.2, -0.15) is 0 Å². The predicted molar refractivity (Wildman–Crippen MR) is 134 cm³/mol. The van der Waals surface area contributed by atoms with Gasteiger partial charge in [0, 0.05) is 32.1 Å². The molecular formula is C22H34IN5S. The standard InChI is InChI=1S/C22H33N5S.HI/c1-4-21-26-20(16-28-21)15-27-10-8-18(9-11-27)13-24-22(23-3)25-14-19-7-5-6-17(2)12-19;/h5-7,12,16,18H,4,8-11,13-15H2,1-3H3,(H2,23,24,25);1H. The lowest BCUT2D eigenvalue weighted by Crippen LogP contribution is -2.42. The van der Waals surface area contributed by atoms with E-state index in [9.17, 15) is 0 Å². The number of halogens is 1. The van der Waals surface area contributed by atoms with E-state index in [-0.39, 0.29) is 24.0 Å². The van der Waals surface area contributed by atoms with Crippen molar-refractivity contribution in [2.24, 2.45) is 10.9 Å². The molecule has 1 saturated heterocycles. The number of piperidine rings is 1. The summed E-state index contributed by atoms with van der Waals surface area (Å²) in [6.07, 6.45) is 3.50. The minimum absolute atomic E-state index is 0. The molecule has 0 saturated carbocycles. The fourth-order valence-corrected chi connectivity index (χ4v) is 4.37. The highest BCUT2D eigenvalue weighted by molar-refractivity contribution is 14.0. The Morgan fingerprint density at radius 2 is 2.07 bits per heavy atom. The molecule has 0 radical (unpaired) electrons. The third-order valence-electron chi connectivity index (χ3n) is 5.32. The molecule has 160 valence electrons. The summed E-state index contributed by atoms with van der Waals surface area (Å²) in [5, 5.41) is 10.4. The highest BCUT2D eigenvalue weighted by Crippen LogP contribution is 2.19. The maximum absolute atomic E-state index is 4.70. The van der Waals surface area contributed by atoms with Gasteiger partial charge in [0.1, 0.15) is 0 Å². The van der Waals surface area contributed by atoms with E-state index in [0.29, 0.717) is 5.92 Å². The quantitative estimate of drug-likeness (QED) is 0.322. The number of hydrogen-bond acceptors (Lipinski definition) is 4. The zero-order valence-electron chi connectivity index (χ0n) is 17.8. The molecule has 1 aliphatic rings. The molecule has 0 bridgehead atoms. The Morgan fingerprint density at radius 1 is 1.28 bits per heavy atom. The summed E-state index contributed by atoms with van der Waals surface area (Å²) in [5.41, 5.74) is 3.81. The Hall–Kier alpha value is -1.19. The number of thiazole rings is 1. The number of benzene rings is 1. The topological polar surface area (TPSA) is 52.6 Å². The minimum Gasteiger partial charge on any atom is -0.356 e. The molecule has 7 heteroatoms. The van der Waals surface area contributed by atoms with Crippen LogP contribution in [0.3, 0.4) is 0 Å². The Balaban J connectivity index is 0.00000300. The van der Waals surface area contributed by atoms with Crippen molar-refractivity contribution in [2.45, 2.75) is 46.2 Å². The average Bonchev–Trinajstić information content (AvgIpc) is 3.17. The summed E-state index contributed by atoms with van der Waals surface area (Å²) in [6, 6.07) is 8.59. The van der Waals surface area contributed by atoms with E-state index in [0.717, 1.165) is 45.1 Å². The molecule has 2 aromatic rings. The molecule has 5 nitrogen and oxygen atoms in total. The second-order valence-corrected chi connectivity index (χ2v) is 8.54. The lowest BCUT2D eigenvalue weighted by molar-refractivity contribution is 0.176. The normalized spacial score (nSPS) is 15.8. The largest absolute Gasteiger partial charge is 0.356 e. The smallest absolute Gasteiger partial charge is 0.191 e. The number of nitrogens with zero attached hydrogens (tertiary/aromatic N) is 3. The third kappa shape index (κ3) is 7.86. The van der Waals surface area contributed by atoms with Crippen LogP contribution < -0.4 is 10.6 Å². The van der Waals surface area contributed by atoms with Gasteiger partial charge in [-0.25, -0.2) is 4.98 Å². The van der Waals surface area contributed by atoms with E-state index >= 15 is 0 Å². The molecule has 2 N–H and O–H groups in total. The number of nitrogens with one attached hydrogen (secondary N) is 2. The molecule has 0 unspecified atom stereocenters. The monoisotopic (exact) mass is 527 g/mol. The average molecular weight is 528 g/mol. The van der Waals surface area contributed by atoms with Gasteiger partial charge in [-0.15, -0.1) is 35.3 Å². The van der Waals surface area contributed by atoms with Crippen molar-refractivity contribution >= 4 is 41.3 Å². The molecule has 1 aromatic heterocycles. The third-order valence-corrected chi connectivity index (χ3v) is 6.36. The van der Waals surface area contributed by atoms with E-state index < -0.39 is 0 Å². The van der Waals surface area contributed by atoms with Crippen LogP contribution in [0.15, 0.2) is 34.6 Å². The molecule has 0 amide bonds. The lowest BCUT2D eigenvalue weighted by atomic mass is 9.97. The summed E-state index contributed by atoms with van der Waals surface area (Å²) in [7, 11) is 1.84. The Morgan fingerprint density at radius 3 is 2.72 bits per heavy atom. The van der Waals surface area contributed by atoms with Gasteiger partial charge in [0.2, 0.25) is 0 Å². The Labute approximate surface area is 196 Å². The van der Waals surface area contributed by atoms with Gasteiger partial charge < -0.3 is 10.6 Å².